The molecule has 1 aromatic rings. The second-order valence-corrected chi connectivity index (χ2v) is 8.35. The van der Waals surface area contributed by atoms with Crippen LogP contribution >= 0.6 is 0 Å². The first-order valence-electron chi connectivity index (χ1n) is 9.32. The number of amides is 1. The Morgan fingerprint density at radius 1 is 1.12 bits per heavy atom. The highest BCUT2D eigenvalue weighted by Crippen LogP contribution is 2.23. The molecule has 2 atom stereocenters. The van der Waals surface area contributed by atoms with E-state index in [1.807, 2.05) is 25.7 Å². The molecule has 2 fully saturated rings. The van der Waals surface area contributed by atoms with Crippen LogP contribution in [0.1, 0.15) is 33.3 Å². The van der Waals surface area contributed by atoms with Crippen molar-refractivity contribution in [1.29, 1.82) is 0 Å². The molecule has 138 valence electrons. The summed E-state index contributed by atoms with van der Waals surface area (Å²) in [6.45, 7) is 13.6. The third kappa shape index (κ3) is 4.73. The van der Waals surface area contributed by atoms with Gasteiger partial charge in [0, 0.05) is 51.4 Å². The fourth-order valence-corrected chi connectivity index (χ4v) is 3.93. The van der Waals surface area contributed by atoms with Crippen molar-refractivity contribution in [2.45, 2.75) is 51.9 Å². The molecule has 1 aromatic carbocycles. The monoisotopic (exact) mass is 345 g/mol. The number of piperazine rings is 2. The van der Waals surface area contributed by atoms with Crippen LogP contribution in [-0.2, 0) is 11.3 Å². The fourth-order valence-electron chi connectivity index (χ4n) is 3.93. The number of benzene rings is 1. The standard InChI is InChI=1S/C20H31N3O2/c1-16-12-21(13-17-8-6-5-7-9-17)14-18-15-22(10-11-23(16)18)19(24)25-20(2,3)4/h5-9,16,18H,10-15H2,1-4H3/t16-,18?/m1/s1. The minimum Gasteiger partial charge on any atom is -0.444 e. The Morgan fingerprint density at radius 2 is 1.84 bits per heavy atom. The summed E-state index contributed by atoms with van der Waals surface area (Å²) < 4.78 is 5.56. The van der Waals surface area contributed by atoms with Gasteiger partial charge in [0.2, 0.25) is 0 Å². The van der Waals surface area contributed by atoms with Gasteiger partial charge in [0.05, 0.1) is 0 Å². The van der Waals surface area contributed by atoms with Crippen molar-refractivity contribution in [3.63, 3.8) is 0 Å². The molecule has 0 N–H and O–H groups in total. The summed E-state index contributed by atoms with van der Waals surface area (Å²) >= 11 is 0. The topological polar surface area (TPSA) is 36.0 Å². The quantitative estimate of drug-likeness (QED) is 0.826. The molecule has 25 heavy (non-hydrogen) atoms. The highest BCUT2D eigenvalue weighted by atomic mass is 16.6. The molecule has 5 heteroatoms. The second-order valence-electron chi connectivity index (χ2n) is 8.35. The minimum absolute atomic E-state index is 0.181. The molecular weight excluding hydrogens is 314 g/mol. The third-order valence-corrected chi connectivity index (χ3v) is 4.99. The van der Waals surface area contributed by atoms with E-state index in [1.54, 1.807) is 0 Å². The van der Waals surface area contributed by atoms with Gasteiger partial charge in [0.15, 0.2) is 0 Å². The SMILES string of the molecule is C[C@@H]1CN(Cc2ccccc2)CC2CN(C(=O)OC(C)(C)C)CCN21. The minimum atomic E-state index is -0.437. The lowest BCUT2D eigenvalue weighted by Gasteiger charge is -2.50. The van der Waals surface area contributed by atoms with Crippen LogP contribution < -0.4 is 0 Å². The van der Waals surface area contributed by atoms with E-state index in [1.165, 1.54) is 5.56 Å². The Labute approximate surface area is 151 Å². The van der Waals surface area contributed by atoms with Crippen LogP contribution in [0.2, 0.25) is 0 Å². The first kappa shape index (κ1) is 18.2. The molecule has 2 heterocycles. The van der Waals surface area contributed by atoms with E-state index < -0.39 is 5.60 Å². The molecule has 5 nitrogen and oxygen atoms in total. The van der Waals surface area contributed by atoms with E-state index in [0.29, 0.717) is 12.1 Å². The predicted molar refractivity (Wildman–Crippen MR) is 99.5 cm³/mol. The van der Waals surface area contributed by atoms with E-state index in [9.17, 15) is 4.79 Å². The van der Waals surface area contributed by atoms with E-state index in [-0.39, 0.29) is 6.09 Å². The van der Waals surface area contributed by atoms with E-state index in [0.717, 1.165) is 39.3 Å². The van der Waals surface area contributed by atoms with Crippen LogP contribution in [-0.4, -0.2) is 71.2 Å². The van der Waals surface area contributed by atoms with Gasteiger partial charge in [-0.25, -0.2) is 4.79 Å². The molecule has 0 aromatic heterocycles. The number of hydrogen-bond donors (Lipinski definition) is 0. The second kappa shape index (κ2) is 7.34. The Balaban J connectivity index is 1.62. The molecular formula is C20H31N3O2. The van der Waals surface area contributed by atoms with Gasteiger partial charge in [0.1, 0.15) is 5.60 Å². The van der Waals surface area contributed by atoms with E-state index in [4.69, 9.17) is 4.74 Å². The molecule has 1 unspecified atom stereocenters. The van der Waals surface area contributed by atoms with Gasteiger partial charge in [-0.1, -0.05) is 30.3 Å². The summed E-state index contributed by atoms with van der Waals surface area (Å²) in [6.07, 6.45) is -0.181. The van der Waals surface area contributed by atoms with Gasteiger partial charge in [-0.05, 0) is 33.3 Å². The fraction of sp³-hybridized carbons (Fsp3) is 0.650. The number of carbonyl (C=O) groups is 1. The smallest absolute Gasteiger partial charge is 0.410 e. The van der Waals surface area contributed by atoms with Crippen molar-refractivity contribution >= 4 is 6.09 Å². The van der Waals surface area contributed by atoms with Crippen LogP contribution in [0.15, 0.2) is 30.3 Å². The van der Waals surface area contributed by atoms with E-state index in [2.05, 4.69) is 47.1 Å². The van der Waals surface area contributed by atoms with Crippen LogP contribution in [0, 0.1) is 0 Å². The summed E-state index contributed by atoms with van der Waals surface area (Å²) in [6, 6.07) is 11.5. The summed E-state index contributed by atoms with van der Waals surface area (Å²) in [7, 11) is 0. The van der Waals surface area contributed by atoms with Crippen LogP contribution in [0.4, 0.5) is 4.79 Å². The summed E-state index contributed by atoms with van der Waals surface area (Å²) in [5, 5.41) is 0. The van der Waals surface area contributed by atoms with Gasteiger partial charge >= 0.3 is 6.09 Å². The van der Waals surface area contributed by atoms with Crippen LogP contribution in [0.25, 0.3) is 0 Å². The molecule has 2 aliphatic heterocycles. The summed E-state index contributed by atoms with van der Waals surface area (Å²) in [5.41, 5.74) is 0.913. The zero-order chi connectivity index (χ0) is 18.0. The maximum absolute atomic E-state index is 12.4. The highest BCUT2D eigenvalue weighted by Gasteiger charge is 2.38. The average Bonchev–Trinajstić information content (AvgIpc) is 2.53. The first-order valence-corrected chi connectivity index (χ1v) is 9.32. The molecule has 0 radical (unpaired) electrons. The van der Waals surface area contributed by atoms with Gasteiger partial charge in [-0.15, -0.1) is 0 Å². The lowest BCUT2D eigenvalue weighted by atomic mass is 10.0. The lowest BCUT2D eigenvalue weighted by Crippen LogP contribution is -2.65. The maximum Gasteiger partial charge on any atom is 0.410 e. The van der Waals surface area contributed by atoms with Crippen molar-refractivity contribution in [1.82, 2.24) is 14.7 Å². The van der Waals surface area contributed by atoms with Gasteiger partial charge in [-0.2, -0.15) is 0 Å². The zero-order valence-corrected chi connectivity index (χ0v) is 15.9. The molecule has 3 rings (SSSR count). The predicted octanol–water partition coefficient (Wildman–Crippen LogP) is 2.81. The normalized spacial score (nSPS) is 25.5. The number of hydrogen-bond acceptors (Lipinski definition) is 4. The van der Waals surface area contributed by atoms with Crippen molar-refractivity contribution in [2.24, 2.45) is 0 Å². The van der Waals surface area contributed by atoms with Crippen LogP contribution in [0.5, 0.6) is 0 Å². The van der Waals surface area contributed by atoms with Crippen molar-refractivity contribution in [3.05, 3.63) is 35.9 Å². The van der Waals surface area contributed by atoms with Gasteiger partial charge < -0.3 is 9.64 Å². The number of rotatable bonds is 2. The molecule has 0 bridgehead atoms. The Bertz CT molecular complexity index is 584. The number of ether oxygens (including phenoxy) is 1. The Hall–Kier alpha value is -1.59. The van der Waals surface area contributed by atoms with Gasteiger partial charge in [-0.3, -0.25) is 9.80 Å². The average molecular weight is 345 g/mol. The third-order valence-electron chi connectivity index (χ3n) is 4.99. The Kier molecular flexibility index (Phi) is 5.35. The molecule has 0 aliphatic carbocycles. The van der Waals surface area contributed by atoms with Crippen molar-refractivity contribution in [2.75, 3.05) is 32.7 Å². The Morgan fingerprint density at radius 3 is 2.52 bits per heavy atom. The number of carbonyl (C=O) groups excluding carboxylic acids is 1. The molecule has 2 aliphatic rings. The number of fused-ring (bicyclic) bond motifs is 1. The molecule has 0 spiro atoms. The number of nitrogens with zero attached hydrogens (tertiary/aromatic N) is 3. The van der Waals surface area contributed by atoms with Crippen LogP contribution in [0.3, 0.4) is 0 Å². The molecule has 0 saturated carbocycles. The van der Waals surface area contributed by atoms with Gasteiger partial charge in [0.25, 0.3) is 0 Å². The summed E-state index contributed by atoms with van der Waals surface area (Å²) in [4.78, 5) is 19.4. The largest absolute Gasteiger partial charge is 0.444 e. The zero-order valence-electron chi connectivity index (χ0n) is 15.9. The molecule has 2 saturated heterocycles. The summed E-state index contributed by atoms with van der Waals surface area (Å²) in [5.74, 6) is 0. The molecule has 1 amide bonds. The first-order chi connectivity index (χ1) is 11.8. The van der Waals surface area contributed by atoms with Crippen molar-refractivity contribution in [3.8, 4) is 0 Å². The maximum atomic E-state index is 12.4. The lowest BCUT2D eigenvalue weighted by molar-refractivity contribution is -0.0351. The highest BCUT2D eigenvalue weighted by molar-refractivity contribution is 5.68. The van der Waals surface area contributed by atoms with E-state index >= 15 is 0 Å². The van der Waals surface area contributed by atoms with Crippen molar-refractivity contribution < 1.29 is 9.53 Å².